The zero-order valence-electron chi connectivity index (χ0n) is 26.4. The highest BCUT2D eigenvalue weighted by atomic mass is 28.4. The van der Waals surface area contributed by atoms with Gasteiger partial charge in [0.25, 0.3) is 0 Å². The van der Waals surface area contributed by atoms with Crippen molar-refractivity contribution in [2.24, 2.45) is 0 Å². The van der Waals surface area contributed by atoms with Crippen molar-refractivity contribution < 1.29 is 8.85 Å². The molecule has 0 saturated carbocycles. The maximum absolute atomic E-state index is 7.33. The molecule has 0 unspecified atom stereocenters. The summed E-state index contributed by atoms with van der Waals surface area (Å²) in [4.78, 5) is 0. The minimum Gasteiger partial charge on any atom is -0.544 e. The Kier molecular flexibility index (Phi) is 7.65. The summed E-state index contributed by atoms with van der Waals surface area (Å²) in [6, 6.07) is 0. The van der Waals surface area contributed by atoms with Crippen LogP contribution in [0.25, 0.3) is 0 Å². The van der Waals surface area contributed by atoms with Crippen LogP contribution in [0.5, 0.6) is 0 Å². The molecule has 2 nitrogen and oxygen atoms in total. The summed E-state index contributed by atoms with van der Waals surface area (Å²) >= 11 is 0. The first-order valence-corrected chi connectivity index (χ1v) is 24.0. The van der Waals surface area contributed by atoms with Gasteiger partial charge < -0.3 is 8.85 Å². The lowest BCUT2D eigenvalue weighted by molar-refractivity contribution is 0.385. The quantitative estimate of drug-likeness (QED) is 0.303. The Hall–Kier alpha value is -0.789. The fourth-order valence-corrected chi connectivity index (χ4v) is 11.6. The molecule has 0 saturated heterocycles. The Morgan fingerprint density at radius 3 is 1.16 bits per heavy atom. The summed E-state index contributed by atoms with van der Waals surface area (Å²) < 4.78 is 14.7. The molecule has 4 rings (SSSR count). The van der Waals surface area contributed by atoms with Crippen LogP contribution in [0.1, 0.15) is 106 Å². The lowest BCUT2D eigenvalue weighted by Gasteiger charge is -2.40. The van der Waals surface area contributed by atoms with Crippen LogP contribution in [0, 0.1) is 0 Å². The van der Waals surface area contributed by atoms with Gasteiger partial charge in [-0.3, -0.25) is 0 Å². The van der Waals surface area contributed by atoms with Gasteiger partial charge in [0.1, 0.15) is 19.6 Å². The molecule has 0 aromatic heterocycles. The first-order chi connectivity index (χ1) is 16.9. The highest BCUT2D eigenvalue weighted by Gasteiger charge is 2.48. The Balaban J connectivity index is 1.84. The van der Waals surface area contributed by atoms with Crippen LogP contribution >= 0.6 is 0 Å². The third kappa shape index (κ3) is 5.35. The summed E-state index contributed by atoms with van der Waals surface area (Å²) in [5, 5.41) is 3.79. The molecule has 0 aromatic carbocycles. The molecule has 0 aliphatic heterocycles. The van der Waals surface area contributed by atoms with Crippen molar-refractivity contribution in [3.8, 4) is 0 Å². The topological polar surface area (TPSA) is 18.5 Å². The summed E-state index contributed by atoms with van der Waals surface area (Å²) in [6.45, 7) is 29.3. The van der Waals surface area contributed by atoms with Crippen LogP contribution in [-0.2, 0) is 8.85 Å². The Bertz CT molecular complexity index is 984. The van der Waals surface area contributed by atoms with Crippen LogP contribution in [0.2, 0.25) is 49.4 Å². The van der Waals surface area contributed by atoms with Crippen LogP contribution < -0.4 is 0 Å². The maximum atomic E-state index is 7.33. The highest BCUT2D eigenvalue weighted by Crippen LogP contribution is 2.53. The molecule has 0 aromatic rings. The second-order valence-corrected chi connectivity index (χ2v) is 29.8. The van der Waals surface area contributed by atoms with Gasteiger partial charge in [-0.25, -0.2) is 0 Å². The largest absolute Gasteiger partial charge is 0.544 e. The van der Waals surface area contributed by atoms with Crippen LogP contribution in [0.3, 0.4) is 0 Å². The molecule has 4 aliphatic rings. The molecule has 0 N–H and O–H groups in total. The van der Waals surface area contributed by atoms with Gasteiger partial charge in [-0.05, 0) is 122 Å². The second-order valence-electron chi connectivity index (χ2n) is 15.9. The van der Waals surface area contributed by atoms with Gasteiger partial charge in [0.2, 0.25) is 16.6 Å². The summed E-state index contributed by atoms with van der Waals surface area (Å²) in [6.07, 6.45) is 12.6. The van der Waals surface area contributed by atoms with E-state index in [4.69, 9.17) is 8.85 Å². The standard InChI is InChI=1S/C32H56O2Si3/c1-31(2,3)36(9,10)33-29-25-19-15-13-17-23(25)21-27(29)35(7,8)28-22-24-18-14-16-20-26(24)30(28)34-37(11,12)32(4,5)6/h13-22H2,1-12H3. The predicted molar refractivity (Wildman–Crippen MR) is 168 cm³/mol. The second kappa shape index (κ2) is 9.69. The Morgan fingerprint density at radius 2 is 0.838 bits per heavy atom. The normalized spacial score (nSPS) is 22.2. The van der Waals surface area contributed by atoms with Crippen molar-refractivity contribution in [2.75, 3.05) is 0 Å². The fraction of sp³-hybridized carbons (Fsp3) is 0.750. The van der Waals surface area contributed by atoms with E-state index in [2.05, 4.69) is 80.8 Å². The number of allylic oxidation sites excluding steroid dienone is 6. The first kappa shape index (κ1) is 29.2. The molecule has 0 bridgehead atoms. The summed E-state index contributed by atoms with van der Waals surface area (Å²) in [5.41, 5.74) is 6.63. The van der Waals surface area contributed by atoms with E-state index >= 15 is 0 Å². The number of hydrogen-bond donors (Lipinski definition) is 0. The molecule has 4 aliphatic carbocycles. The van der Waals surface area contributed by atoms with E-state index < -0.39 is 24.7 Å². The summed E-state index contributed by atoms with van der Waals surface area (Å²) in [5.74, 6) is 2.73. The lowest BCUT2D eigenvalue weighted by Crippen LogP contribution is -2.43. The van der Waals surface area contributed by atoms with E-state index in [9.17, 15) is 0 Å². The fourth-order valence-electron chi connectivity index (χ4n) is 6.08. The monoisotopic (exact) mass is 556 g/mol. The number of hydrogen-bond acceptors (Lipinski definition) is 2. The van der Waals surface area contributed by atoms with Gasteiger partial charge in [-0.1, -0.05) is 65.8 Å². The van der Waals surface area contributed by atoms with E-state index in [0.717, 1.165) is 0 Å². The molecule has 208 valence electrons. The van der Waals surface area contributed by atoms with Gasteiger partial charge in [-0.2, -0.15) is 0 Å². The van der Waals surface area contributed by atoms with E-state index in [1.54, 1.807) is 32.7 Å². The zero-order valence-corrected chi connectivity index (χ0v) is 29.4. The molecule has 0 fully saturated rings. The smallest absolute Gasteiger partial charge is 0.250 e. The third-order valence-corrected chi connectivity index (χ3v) is 23.4. The predicted octanol–water partition coefficient (Wildman–Crippen LogP) is 10.9. The molecule has 0 heterocycles. The molecule has 5 heteroatoms. The summed E-state index contributed by atoms with van der Waals surface area (Å²) in [7, 11) is -5.86. The van der Waals surface area contributed by atoms with Gasteiger partial charge in [0.05, 0.1) is 0 Å². The van der Waals surface area contributed by atoms with E-state index in [-0.39, 0.29) is 10.1 Å². The van der Waals surface area contributed by atoms with Crippen LogP contribution in [-0.4, -0.2) is 24.7 Å². The van der Waals surface area contributed by atoms with Gasteiger partial charge in [0, 0.05) is 0 Å². The van der Waals surface area contributed by atoms with E-state index in [0.29, 0.717) is 0 Å². The highest BCUT2D eigenvalue weighted by molar-refractivity contribution is 6.91. The van der Waals surface area contributed by atoms with Crippen molar-refractivity contribution in [2.45, 2.75) is 155 Å². The SMILES string of the molecule is CC(C)(C)[Si](C)(C)OC1=C([Si](C)(C)C2=C(O[Si](C)(C)C(C)(C)C)C3=C(CCCC3)C2)CC2=C1CCCC2. The van der Waals surface area contributed by atoms with E-state index in [1.165, 1.54) is 75.7 Å². The minimum atomic E-state index is -1.99. The Labute approximate surface area is 232 Å². The Morgan fingerprint density at radius 1 is 0.514 bits per heavy atom. The van der Waals surface area contributed by atoms with Gasteiger partial charge >= 0.3 is 0 Å². The molecule has 0 amide bonds. The third-order valence-electron chi connectivity index (χ3n) is 10.9. The molecular formula is C32H56O2Si3. The van der Waals surface area contributed by atoms with Crippen molar-refractivity contribution in [3.05, 3.63) is 44.2 Å². The maximum Gasteiger partial charge on any atom is 0.250 e. The van der Waals surface area contributed by atoms with Crippen molar-refractivity contribution in [1.29, 1.82) is 0 Å². The molecule has 0 atom stereocenters. The molecule has 37 heavy (non-hydrogen) atoms. The van der Waals surface area contributed by atoms with Crippen molar-refractivity contribution in [3.63, 3.8) is 0 Å². The van der Waals surface area contributed by atoms with E-state index in [1.807, 2.05) is 0 Å². The van der Waals surface area contributed by atoms with Gasteiger partial charge in [-0.15, -0.1) is 0 Å². The van der Waals surface area contributed by atoms with Crippen LogP contribution in [0.4, 0.5) is 0 Å². The number of rotatable bonds is 6. The minimum absolute atomic E-state index is 0.207. The average molecular weight is 557 g/mol. The van der Waals surface area contributed by atoms with Gasteiger partial charge in [0.15, 0.2) is 0 Å². The van der Waals surface area contributed by atoms with Crippen LogP contribution in [0.15, 0.2) is 44.2 Å². The first-order valence-electron chi connectivity index (χ1n) is 15.1. The molecule has 0 spiro atoms. The molecular weight excluding hydrogens is 501 g/mol. The average Bonchev–Trinajstić information content (AvgIpc) is 3.32. The molecule has 0 radical (unpaired) electrons. The van der Waals surface area contributed by atoms with Crippen molar-refractivity contribution >= 4 is 24.7 Å². The zero-order chi connectivity index (χ0) is 27.6. The lowest BCUT2D eigenvalue weighted by atomic mass is 9.93. The van der Waals surface area contributed by atoms with Crippen molar-refractivity contribution in [1.82, 2.24) is 0 Å².